The Hall–Kier alpha value is -1.84. The molecule has 3 N–H and O–H groups in total. The van der Waals surface area contributed by atoms with Crippen molar-refractivity contribution in [3.8, 4) is 5.75 Å². The van der Waals surface area contributed by atoms with Gasteiger partial charge in [-0.25, -0.2) is 5.43 Å². The second-order valence-electron chi connectivity index (χ2n) is 5.36. The molecule has 112 valence electrons. The van der Waals surface area contributed by atoms with Crippen molar-refractivity contribution in [2.75, 3.05) is 0 Å². The summed E-state index contributed by atoms with van der Waals surface area (Å²) in [4.78, 5) is 0. The smallest absolute Gasteiger partial charge is 0.124 e. The Morgan fingerprint density at radius 3 is 2.24 bits per heavy atom. The van der Waals surface area contributed by atoms with Gasteiger partial charge in [0.2, 0.25) is 0 Å². The van der Waals surface area contributed by atoms with Gasteiger partial charge in [-0.15, -0.1) is 0 Å². The Morgan fingerprint density at radius 2 is 1.62 bits per heavy atom. The second kappa shape index (κ2) is 7.25. The number of rotatable bonds is 6. The molecule has 2 rings (SSSR count). The highest BCUT2D eigenvalue weighted by molar-refractivity contribution is 5.44. The largest absolute Gasteiger partial charge is 0.491 e. The maximum absolute atomic E-state index is 5.93. The van der Waals surface area contributed by atoms with E-state index in [0.717, 1.165) is 17.7 Å². The predicted octanol–water partition coefficient (Wildman–Crippen LogP) is 3.59. The number of aryl methyl sites for hydroxylation is 1. The SMILES string of the molecule is CCc1ccccc1C(NN)c1ccccc1OC(C)C. The fraction of sp³-hybridized carbons (Fsp3) is 0.333. The zero-order chi connectivity index (χ0) is 15.2. The Bertz CT molecular complexity index is 581. The quantitative estimate of drug-likeness (QED) is 0.629. The first-order valence-electron chi connectivity index (χ1n) is 7.46. The van der Waals surface area contributed by atoms with Crippen molar-refractivity contribution in [1.29, 1.82) is 0 Å². The first kappa shape index (κ1) is 15.5. The van der Waals surface area contributed by atoms with Crippen molar-refractivity contribution < 1.29 is 4.74 Å². The second-order valence-corrected chi connectivity index (χ2v) is 5.36. The van der Waals surface area contributed by atoms with E-state index in [2.05, 4.69) is 36.6 Å². The maximum atomic E-state index is 5.93. The van der Waals surface area contributed by atoms with Crippen molar-refractivity contribution in [2.24, 2.45) is 5.84 Å². The van der Waals surface area contributed by atoms with Crippen molar-refractivity contribution in [1.82, 2.24) is 5.43 Å². The minimum atomic E-state index is -0.0731. The summed E-state index contributed by atoms with van der Waals surface area (Å²) in [7, 11) is 0. The maximum Gasteiger partial charge on any atom is 0.124 e. The lowest BCUT2D eigenvalue weighted by Gasteiger charge is -2.23. The number of hydrazine groups is 1. The van der Waals surface area contributed by atoms with Crippen LogP contribution in [0.3, 0.4) is 0 Å². The van der Waals surface area contributed by atoms with E-state index < -0.39 is 0 Å². The van der Waals surface area contributed by atoms with Gasteiger partial charge < -0.3 is 4.74 Å². The Kier molecular flexibility index (Phi) is 5.37. The van der Waals surface area contributed by atoms with Gasteiger partial charge in [0.05, 0.1) is 12.1 Å². The zero-order valence-corrected chi connectivity index (χ0v) is 13.0. The van der Waals surface area contributed by atoms with Crippen LogP contribution in [-0.2, 0) is 6.42 Å². The summed E-state index contributed by atoms with van der Waals surface area (Å²) in [6, 6.07) is 16.4. The van der Waals surface area contributed by atoms with Gasteiger partial charge >= 0.3 is 0 Å². The van der Waals surface area contributed by atoms with Crippen LogP contribution in [-0.4, -0.2) is 6.10 Å². The van der Waals surface area contributed by atoms with Crippen LogP contribution in [0.4, 0.5) is 0 Å². The number of ether oxygens (including phenoxy) is 1. The third-order valence-corrected chi connectivity index (χ3v) is 3.51. The minimum Gasteiger partial charge on any atom is -0.491 e. The van der Waals surface area contributed by atoms with Crippen LogP contribution < -0.4 is 16.0 Å². The molecule has 0 radical (unpaired) electrons. The lowest BCUT2D eigenvalue weighted by molar-refractivity contribution is 0.238. The Morgan fingerprint density at radius 1 is 1.00 bits per heavy atom. The van der Waals surface area contributed by atoms with E-state index in [9.17, 15) is 0 Å². The number of hydrogen-bond acceptors (Lipinski definition) is 3. The van der Waals surface area contributed by atoms with Crippen LogP contribution in [0.2, 0.25) is 0 Å². The van der Waals surface area contributed by atoms with Gasteiger partial charge in [0.1, 0.15) is 5.75 Å². The fourth-order valence-corrected chi connectivity index (χ4v) is 2.57. The summed E-state index contributed by atoms with van der Waals surface area (Å²) in [5, 5.41) is 0. The summed E-state index contributed by atoms with van der Waals surface area (Å²) >= 11 is 0. The van der Waals surface area contributed by atoms with Crippen molar-refractivity contribution >= 4 is 0 Å². The van der Waals surface area contributed by atoms with Gasteiger partial charge in [0, 0.05) is 5.56 Å². The molecule has 2 aromatic carbocycles. The summed E-state index contributed by atoms with van der Waals surface area (Å²) in [6.07, 6.45) is 1.10. The average molecular weight is 284 g/mol. The number of nitrogens with two attached hydrogens (primary N) is 1. The van der Waals surface area contributed by atoms with Crippen molar-refractivity contribution in [2.45, 2.75) is 39.3 Å². The number of benzene rings is 2. The number of para-hydroxylation sites is 1. The van der Waals surface area contributed by atoms with E-state index in [1.54, 1.807) is 0 Å². The van der Waals surface area contributed by atoms with Crippen LogP contribution >= 0.6 is 0 Å². The molecule has 0 bridgehead atoms. The van der Waals surface area contributed by atoms with Gasteiger partial charge in [0.25, 0.3) is 0 Å². The molecule has 0 amide bonds. The molecule has 2 aromatic rings. The lowest BCUT2D eigenvalue weighted by atomic mass is 9.93. The van der Waals surface area contributed by atoms with E-state index in [-0.39, 0.29) is 12.1 Å². The monoisotopic (exact) mass is 284 g/mol. The highest BCUT2D eigenvalue weighted by Gasteiger charge is 2.19. The van der Waals surface area contributed by atoms with Crippen LogP contribution in [0, 0.1) is 0 Å². The molecule has 21 heavy (non-hydrogen) atoms. The molecule has 0 heterocycles. The molecule has 0 aromatic heterocycles. The normalized spacial score (nSPS) is 12.4. The van der Waals surface area contributed by atoms with E-state index >= 15 is 0 Å². The fourth-order valence-electron chi connectivity index (χ4n) is 2.57. The molecular weight excluding hydrogens is 260 g/mol. The van der Waals surface area contributed by atoms with Gasteiger partial charge in [-0.1, -0.05) is 49.4 Å². The van der Waals surface area contributed by atoms with Gasteiger partial charge in [-0.2, -0.15) is 0 Å². The zero-order valence-electron chi connectivity index (χ0n) is 13.0. The summed E-state index contributed by atoms with van der Waals surface area (Å²) in [5.41, 5.74) is 6.50. The summed E-state index contributed by atoms with van der Waals surface area (Å²) in [5.74, 6) is 6.73. The molecule has 0 aliphatic heterocycles. The number of nitrogens with one attached hydrogen (secondary N) is 1. The van der Waals surface area contributed by atoms with Crippen molar-refractivity contribution in [3.63, 3.8) is 0 Å². The van der Waals surface area contributed by atoms with E-state index in [1.807, 2.05) is 38.1 Å². The van der Waals surface area contributed by atoms with Crippen LogP contribution in [0.5, 0.6) is 5.75 Å². The Labute approximate surface area is 127 Å². The predicted molar refractivity (Wildman–Crippen MR) is 87.2 cm³/mol. The first-order chi connectivity index (χ1) is 10.2. The van der Waals surface area contributed by atoms with E-state index in [4.69, 9.17) is 10.6 Å². The van der Waals surface area contributed by atoms with Gasteiger partial charge in [0.15, 0.2) is 0 Å². The highest BCUT2D eigenvalue weighted by atomic mass is 16.5. The third kappa shape index (κ3) is 3.63. The molecule has 3 heteroatoms. The van der Waals surface area contributed by atoms with Crippen LogP contribution in [0.1, 0.15) is 43.5 Å². The minimum absolute atomic E-state index is 0.0731. The van der Waals surface area contributed by atoms with Gasteiger partial charge in [-0.3, -0.25) is 5.84 Å². The van der Waals surface area contributed by atoms with Crippen molar-refractivity contribution in [3.05, 3.63) is 65.2 Å². The van der Waals surface area contributed by atoms with Crippen LogP contribution in [0.15, 0.2) is 48.5 Å². The van der Waals surface area contributed by atoms with Crippen LogP contribution in [0.25, 0.3) is 0 Å². The molecule has 0 saturated carbocycles. The van der Waals surface area contributed by atoms with Gasteiger partial charge in [-0.05, 0) is 37.5 Å². The average Bonchev–Trinajstić information content (AvgIpc) is 2.49. The highest BCUT2D eigenvalue weighted by Crippen LogP contribution is 2.31. The number of hydrogen-bond donors (Lipinski definition) is 2. The molecule has 1 unspecified atom stereocenters. The first-order valence-corrected chi connectivity index (χ1v) is 7.46. The lowest BCUT2D eigenvalue weighted by Crippen LogP contribution is -2.30. The molecule has 0 saturated heterocycles. The Balaban J connectivity index is 2.46. The molecular formula is C18H24N2O. The summed E-state index contributed by atoms with van der Waals surface area (Å²) in [6.45, 7) is 6.21. The topological polar surface area (TPSA) is 47.3 Å². The molecule has 0 aliphatic carbocycles. The molecule has 0 aliphatic rings. The molecule has 0 fully saturated rings. The third-order valence-electron chi connectivity index (χ3n) is 3.51. The van der Waals surface area contributed by atoms with E-state index in [1.165, 1.54) is 11.1 Å². The molecule has 1 atom stereocenters. The molecule has 3 nitrogen and oxygen atoms in total. The summed E-state index contributed by atoms with van der Waals surface area (Å²) < 4.78 is 5.93. The molecule has 0 spiro atoms. The van der Waals surface area contributed by atoms with E-state index in [0.29, 0.717) is 0 Å². The standard InChI is InChI=1S/C18H24N2O/c1-4-14-9-5-6-10-15(14)18(20-19)16-11-7-8-12-17(16)21-13(2)3/h5-13,18,20H,4,19H2,1-3H3.